The molecule has 0 unspecified atom stereocenters. The normalized spacial score (nSPS) is 11.2. The maximum Gasteiger partial charge on any atom is 0.261 e. The van der Waals surface area contributed by atoms with Gasteiger partial charge in [0.05, 0.1) is 26.1 Å². The first-order chi connectivity index (χ1) is 15.5. The fourth-order valence-electron chi connectivity index (χ4n) is 3.53. The highest BCUT2D eigenvalue weighted by Gasteiger charge is 2.10. The molecule has 2 aromatic heterocycles. The fourth-order valence-corrected chi connectivity index (χ4v) is 4.72. The van der Waals surface area contributed by atoms with Gasteiger partial charge < -0.3 is 10.3 Å². The number of carbonyl (C=O) groups excluding carboxylic acids is 1. The van der Waals surface area contributed by atoms with Crippen molar-refractivity contribution in [2.45, 2.75) is 6.42 Å². The van der Waals surface area contributed by atoms with Gasteiger partial charge in [0.15, 0.2) is 4.77 Å². The van der Waals surface area contributed by atoms with E-state index in [0.29, 0.717) is 26.9 Å². The van der Waals surface area contributed by atoms with Crippen molar-refractivity contribution in [1.82, 2.24) is 14.5 Å². The highest BCUT2D eigenvalue weighted by atomic mass is 32.1. The van der Waals surface area contributed by atoms with E-state index < -0.39 is 0 Å². The van der Waals surface area contributed by atoms with E-state index >= 15 is 0 Å². The number of H-pyrrole nitrogens is 1. The van der Waals surface area contributed by atoms with Gasteiger partial charge >= 0.3 is 0 Å². The van der Waals surface area contributed by atoms with Crippen LogP contribution in [0.25, 0.3) is 21.1 Å². The second-order valence-electron chi connectivity index (χ2n) is 7.46. The number of aromatic amines is 1. The van der Waals surface area contributed by atoms with Crippen LogP contribution in [-0.4, -0.2) is 20.4 Å². The zero-order valence-electron chi connectivity index (χ0n) is 17.1. The van der Waals surface area contributed by atoms with Crippen LogP contribution in [0, 0.1) is 4.77 Å². The summed E-state index contributed by atoms with van der Waals surface area (Å²) in [6, 6.07) is 20.8. The molecular weight excluding hydrogens is 440 g/mol. The Labute approximate surface area is 192 Å². The van der Waals surface area contributed by atoms with E-state index in [1.54, 1.807) is 36.6 Å². The van der Waals surface area contributed by atoms with Crippen molar-refractivity contribution in [3.63, 3.8) is 0 Å². The molecule has 158 valence electrons. The molecule has 0 atom stereocenters. The first kappa shape index (κ1) is 20.3. The van der Waals surface area contributed by atoms with Gasteiger partial charge in [0, 0.05) is 24.7 Å². The smallest absolute Gasteiger partial charge is 0.261 e. The molecule has 0 saturated heterocycles. The molecule has 3 aromatic carbocycles. The first-order valence-electron chi connectivity index (χ1n) is 9.96. The fraction of sp³-hybridized carbons (Fsp3) is 0.0833. The predicted molar refractivity (Wildman–Crippen MR) is 131 cm³/mol. The monoisotopic (exact) mass is 458 g/mol. The number of thiazole rings is 1. The molecule has 2 N–H and O–H groups in total. The van der Waals surface area contributed by atoms with Crippen LogP contribution in [0.4, 0.5) is 5.69 Å². The van der Waals surface area contributed by atoms with Crippen molar-refractivity contribution in [2.24, 2.45) is 7.05 Å². The molecule has 6 nitrogen and oxygen atoms in total. The van der Waals surface area contributed by atoms with Crippen LogP contribution in [0.1, 0.15) is 20.9 Å². The SMILES string of the molecule is Cn1c(=S)[nH]c2cc(C(=O)Nc3ccc(Cc4nc5ccccc5s4)cc3)ccc2c1=O. The molecule has 8 heteroatoms. The van der Waals surface area contributed by atoms with E-state index in [2.05, 4.69) is 21.4 Å². The summed E-state index contributed by atoms with van der Waals surface area (Å²) in [4.78, 5) is 32.7. The Morgan fingerprint density at radius 2 is 1.91 bits per heavy atom. The van der Waals surface area contributed by atoms with Gasteiger partial charge in [0.1, 0.15) is 0 Å². The number of amides is 1. The lowest BCUT2D eigenvalue weighted by molar-refractivity contribution is 0.102. The predicted octanol–water partition coefficient (Wildman–Crippen LogP) is 5.05. The summed E-state index contributed by atoms with van der Waals surface area (Å²) in [6.45, 7) is 0. The third-order valence-electron chi connectivity index (χ3n) is 5.27. The number of benzene rings is 3. The molecule has 0 aliphatic rings. The lowest BCUT2D eigenvalue weighted by Gasteiger charge is -2.08. The van der Waals surface area contributed by atoms with Gasteiger partial charge in [-0.05, 0) is 60.2 Å². The minimum absolute atomic E-state index is 0.195. The maximum atomic E-state index is 12.7. The number of hydrogen-bond donors (Lipinski definition) is 2. The Kier molecular flexibility index (Phi) is 5.16. The molecule has 32 heavy (non-hydrogen) atoms. The summed E-state index contributed by atoms with van der Waals surface area (Å²) in [6.07, 6.45) is 0.743. The van der Waals surface area contributed by atoms with Gasteiger partial charge in [-0.3, -0.25) is 14.2 Å². The van der Waals surface area contributed by atoms with Crippen molar-refractivity contribution in [2.75, 3.05) is 5.32 Å². The van der Waals surface area contributed by atoms with E-state index in [9.17, 15) is 9.59 Å². The molecule has 0 spiro atoms. The minimum Gasteiger partial charge on any atom is -0.332 e. The second kappa shape index (κ2) is 8.14. The maximum absolute atomic E-state index is 12.7. The summed E-state index contributed by atoms with van der Waals surface area (Å²) >= 11 is 6.86. The lowest BCUT2D eigenvalue weighted by Crippen LogP contribution is -2.19. The van der Waals surface area contributed by atoms with E-state index in [0.717, 1.165) is 22.5 Å². The van der Waals surface area contributed by atoms with Gasteiger partial charge in [0.25, 0.3) is 11.5 Å². The molecule has 0 aliphatic carbocycles. The first-order valence-corrected chi connectivity index (χ1v) is 11.2. The summed E-state index contributed by atoms with van der Waals surface area (Å²) in [5, 5.41) is 4.44. The Morgan fingerprint density at radius 1 is 1.12 bits per heavy atom. The summed E-state index contributed by atoms with van der Waals surface area (Å²) in [5.74, 6) is -0.259. The Balaban J connectivity index is 1.32. The highest BCUT2D eigenvalue weighted by molar-refractivity contribution is 7.71. The Hall–Kier alpha value is -3.62. The number of nitrogens with one attached hydrogen (secondary N) is 2. The molecule has 0 aliphatic heterocycles. The molecule has 0 bridgehead atoms. The summed E-state index contributed by atoms with van der Waals surface area (Å²) < 4.78 is 2.86. The molecule has 0 saturated carbocycles. The lowest BCUT2D eigenvalue weighted by atomic mass is 10.1. The van der Waals surface area contributed by atoms with Crippen LogP contribution < -0.4 is 10.9 Å². The van der Waals surface area contributed by atoms with Crippen LogP contribution in [0.5, 0.6) is 0 Å². The number of rotatable bonds is 4. The van der Waals surface area contributed by atoms with Crippen molar-refractivity contribution < 1.29 is 4.79 Å². The largest absolute Gasteiger partial charge is 0.332 e. The molecule has 0 radical (unpaired) electrons. The molecule has 5 aromatic rings. The number of aromatic nitrogens is 3. The molecule has 1 amide bonds. The van der Waals surface area contributed by atoms with Gasteiger partial charge in [0.2, 0.25) is 0 Å². The Morgan fingerprint density at radius 3 is 2.69 bits per heavy atom. The van der Waals surface area contributed by atoms with Gasteiger partial charge in [-0.2, -0.15) is 0 Å². The van der Waals surface area contributed by atoms with Gasteiger partial charge in [-0.15, -0.1) is 11.3 Å². The third kappa shape index (κ3) is 3.86. The molecule has 5 rings (SSSR count). The minimum atomic E-state index is -0.259. The summed E-state index contributed by atoms with van der Waals surface area (Å²) in [7, 11) is 1.61. The molecule has 0 fully saturated rings. The molecular formula is C24H18N4O2S2. The topological polar surface area (TPSA) is 79.8 Å². The second-order valence-corrected chi connectivity index (χ2v) is 8.96. The van der Waals surface area contributed by atoms with Crippen LogP contribution in [0.2, 0.25) is 0 Å². The highest BCUT2D eigenvalue weighted by Crippen LogP contribution is 2.24. The zero-order valence-corrected chi connectivity index (χ0v) is 18.7. The van der Waals surface area contributed by atoms with Crippen molar-refractivity contribution in [1.29, 1.82) is 0 Å². The number of para-hydroxylation sites is 1. The van der Waals surface area contributed by atoms with E-state index in [-0.39, 0.29) is 11.5 Å². The van der Waals surface area contributed by atoms with E-state index in [1.165, 1.54) is 9.27 Å². The van der Waals surface area contributed by atoms with Crippen molar-refractivity contribution in [3.05, 3.63) is 98.0 Å². The standard InChI is InChI=1S/C24H18N4O2S2/c1-28-23(30)17-11-8-15(13-19(17)27-24(28)31)22(29)25-16-9-6-14(7-10-16)12-21-26-18-4-2-3-5-20(18)32-21/h2-11,13H,12H2,1H3,(H,25,29)(H,27,31). The van der Waals surface area contributed by atoms with Crippen LogP contribution in [0.3, 0.4) is 0 Å². The van der Waals surface area contributed by atoms with Crippen LogP contribution >= 0.6 is 23.6 Å². The number of anilines is 1. The average Bonchev–Trinajstić information content (AvgIpc) is 3.21. The number of carbonyl (C=O) groups is 1. The summed E-state index contributed by atoms with van der Waals surface area (Å²) in [5.41, 5.74) is 3.62. The average molecular weight is 459 g/mol. The number of fused-ring (bicyclic) bond motifs is 2. The van der Waals surface area contributed by atoms with E-state index in [1.807, 2.05) is 42.5 Å². The van der Waals surface area contributed by atoms with Crippen molar-refractivity contribution in [3.8, 4) is 0 Å². The van der Waals surface area contributed by atoms with E-state index in [4.69, 9.17) is 12.2 Å². The van der Waals surface area contributed by atoms with Crippen LogP contribution in [0.15, 0.2) is 71.5 Å². The quantitative estimate of drug-likeness (QED) is 0.370. The van der Waals surface area contributed by atoms with Gasteiger partial charge in [-0.1, -0.05) is 24.3 Å². The molecule has 2 heterocycles. The number of nitrogens with zero attached hydrogens (tertiary/aromatic N) is 2. The van der Waals surface area contributed by atoms with Crippen molar-refractivity contribution >= 4 is 56.3 Å². The zero-order chi connectivity index (χ0) is 22.2. The van der Waals surface area contributed by atoms with Crippen LogP contribution in [-0.2, 0) is 13.5 Å². The Bertz CT molecular complexity index is 1560. The van der Waals surface area contributed by atoms with Gasteiger partial charge in [-0.25, -0.2) is 4.98 Å². The third-order valence-corrected chi connectivity index (χ3v) is 6.68. The number of hydrogen-bond acceptors (Lipinski definition) is 5.